The molecule has 0 heterocycles. The average molecular weight is 294 g/mol. The molecule has 0 aliphatic heterocycles. The van der Waals surface area contributed by atoms with E-state index in [9.17, 15) is 19.8 Å². The maximum absolute atomic E-state index is 12.1. The molecular formula is C15H22N2O4. The van der Waals surface area contributed by atoms with E-state index in [1.54, 1.807) is 13.8 Å². The van der Waals surface area contributed by atoms with Crippen molar-refractivity contribution in [3.8, 4) is 0 Å². The summed E-state index contributed by atoms with van der Waals surface area (Å²) in [4.78, 5) is 24.7. The minimum absolute atomic E-state index is 0.204. The number of rotatable bonds is 6. The summed E-state index contributed by atoms with van der Waals surface area (Å²) in [6, 6.07) is 7.55. The normalized spacial score (nSPS) is 12.6. The number of aliphatic hydroxyl groups excluding tert-OH is 1. The maximum Gasteiger partial charge on any atom is 0.326 e. The molecule has 0 unspecified atom stereocenters. The highest BCUT2D eigenvalue weighted by Gasteiger charge is 2.29. The number of urea groups is 1. The van der Waals surface area contributed by atoms with Gasteiger partial charge in [-0.05, 0) is 19.4 Å². The van der Waals surface area contributed by atoms with Crippen LogP contribution >= 0.6 is 0 Å². The van der Waals surface area contributed by atoms with Crippen molar-refractivity contribution >= 4 is 12.0 Å². The van der Waals surface area contributed by atoms with Crippen LogP contribution in [-0.2, 0) is 11.2 Å². The van der Waals surface area contributed by atoms with Crippen LogP contribution in [0.1, 0.15) is 19.4 Å². The van der Waals surface area contributed by atoms with E-state index in [1.807, 2.05) is 30.3 Å². The van der Waals surface area contributed by atoms with E-state index in [-0.39, 0.29) is 13.0 Å². The monoisotopic (exact) mass is 294 g/mol. The summed E-state index contributed by atoms with van der Waals surface area (Å²) in [5.74, 6) is -1.09. The summed E-state index contributed by atoms with van der Waals surface area (Å²) in [5.41, 5.74) is 0.0640. The third kappa shape index (κ3) is 4.75. The summed E-state index contributed by atoms with van der Waals surface area (Å²) in [6.07, 6.45) is 0.204. The zero-order valence-corrected chi connectivity index (χ0v) is 12.5. The first-order valence-corrected chi connectivity index (χ1v) is 6.70. The van der Waals surface area contributed by atoms with Crippen LogP contribution in [0.2, 0.25) is 0 Å². The van der Waals surface area contributed by atoms with Crippen LogP contribution in [0.4, 0.5) is 4.79 Å². The molecule has 0 fully saturated rings. The Kier molecular flexibility index (Phi) is 5.72. The lowest BCUT2D eigenvalue weighted by molar-refractivity contribution is -0.139. The van der Waals surface area contributed by atoms with Gasteiger partial charge in [0.15, 0.2) is 0 Å². The van der Waals surface area contributed by atoms with Crippen LogP contribution in [0, 0.1) is 0 Å². The second-order valence-corrected chi connectivity index (χ2v) is 5.56. The van der Waals surface area contributed by atoms with Crippen LogP contribution in [0.5, 0.6) is 0 Å². The summed E-state index contributed by atoms with van der Waals surface area (Å²) < 4.78 is 0. The van der Waals surface area contributed by atoms with Gasteiger partial charge in [0, 0.05) is 13.5 Å². The Bertz CT molecular complexity index is 488. The number of aliphatic hydroxyl groups is 1. The topological polar surface area (TPSA) is 89.9 Å². The number of carbonyl (C=O) groups excluding carboxylic acids is 1. The molecule has 1 atom stereocenters. The molecule has 6 heteroatoms. The summed E-state index contributed by atoms with van der Waals surface area (Å²) in [6.45, 7) is 3.17. The van der Waals surface area contributed by atoms with Crippen LogP contribution in [0.15, 0.2) is 30.3 Å². The Morgan fingerprint density at radius 1 is 1.29 bits per heavy atom. The van der Waals surface area contributed by atoms with Gasteiger partial charge in [-0.3, -0.25) is 0 Å². The number of aliphatic carboxylic acids is 1. The summed E-state index contributed by atoms with van der Waals surface area (Å²) in [5, 5.41) is 21.0. The second kappa shape index (κ2) is 7.08. The van der Waals surface area contributed by atoms with Crippen LogP contribution in [0.25, 0.3) is 0 Å². The van der Waals surface area contributed by atoms with Crippen molar-refractivity contribution in [2.75, 3.05) is 13.7 Å². The Balaban J connectivity index is 2.75. The molecule has 2 amide bonds. The van der Waals surface area contributed by atoms with Gasteiger partial charge < -0.3 is 20.4 Å². The number of hydrogen-bond acceptors (Lipinski definition) is 3. The van der Waals surface area contributed by atoms with Crippen molar-refractivity contribution in [1.82, 2.24) is 10.2 Å². The molecule has 0 aliphatic carbocycles. The minimum atomic E-state index is -1.09. The molecule has 0 aliphatic rings. The van der Waals surface area contributed by atoms with Crippen LogP contribution < -0.4 is 5.32 Å². The van der Waals surface area contributed by atoms with E-state index in [4.69, 9.17) is 0 Å². The first kappa shape index (κ1) is 17.0. The van der Waals surface area contributed by atoms with Crippen molar-refractivity contribution < 1.29 is 19.8 Å². The lowest BCUT2D eigenvalue weighted by atomic mass is 10.0. The first-order valence-electron chi connectivity index (χ1n) is 6.70. The predicted octanol–water partition coefficient (Wildman–Crippen LogP) is 1.09. The van der Waals surface area contributed by atoms with Crippen molar-refractivity contribution in [2.24, 2.45) is 0 Å². The molecular weight excluding hydrogens is 272 g/mol. The lowest BCUT2D eigenvalue weighted by Gasteiger charge is -2.34. The Morgan fingerprint density at radius 2 is 1.86 bits per heavy atom. The number of carbonyl (C=O) groups is 2. The van der Waals surface area contributed by atoms with E-state index in [1.165, 1.54) is 11.9 Å². The molecule has 1 aromatic carbocycles. The highest BCUT2D eigenvalue weighted by Crippen LogP contribution is 2.12. The van der Waals surface area contributed by atoms with Crippen molar-refractivity contribution in [2.45, 2.75) is 31.8 Å². The number of benzene rings is 1. The van der Waals surface area contributed by atoms with E-state index in [0.717, 1.165) is 5.56 Å². The van der Waals surface area contributed by atoms with Crippen LogP contribution in [0.3, 0.4) is 0 Å². The molecule has 0 saturated heterocycles. The van der Waals surface area contributed by atoms with E-state index in [0.29, 0.717) is 0 Å². The molecule has 21 heavy (non-hydrogen) atoms. The number of nitrogens with zero attached hydrogens (tertiary/aromatic N) is 1. The third-order valence-electron chi connectivity index (χ3n) is 3.48. The van der Waals surface area contributed by atoms with E-state index >= 15 is 0 Å². The Labute approximate surface area is 124 Å². The minimum Gasteiger partial charge on any atom is -0.480 e. The molecule has 0 bridgehead atoms. The summed E-state index contributed by atoms with van der Waals surface area (Å²) >= 11 is 0. The summed E-state index contributed by atoms with van der Waals surface area (Å²) in [7, 11) is 1.52. The smallest absolute Gasteiger partial charge is 0.326 e. The fourth-order valence-corrected chi connectivity index (χ4v) is 1.68. The van der Waals surface area contributed by atoms with Gasteiger partial charge >= 0.3 is 12.0 Å². The highest BCUT2D eigenvalue weighted by atomic mass is 16.4. The molecule has 0 spiro atoms. The average Bonchev–Trinajstić information content (AvgIpc) is 2.46. The van der Waals surface area contributed by atoms with E-state index < -0.39 is 23.6 Å². The predicted molar refractivity (Wildman–Crippen MR) is 79.0 cm³/mol. The molecule has 0 radical (unpaired) electrons. The third-order valence-corrected chi connectivity index (χ3v) is 3.48. The van der Waals surface area contributed by atoms with Gasteiger partial charge in [-0.25, -0.2) is 9.59 Å². The molecule has 1 aromatic rings. The lowest BCUT2D eigenvalue weighted by Crippen LogP contribution is -2.55. The highest BCUT2D eigenvalue weighted by molar-refractivity contribution is 5.83. The largest absolute Gasteiger partial charge is 0.480 e. The number of hydrogen-bond donors (Lipinski definition) is 3. The van der Waals surface area contributed by atoms with Crippen molar-refractivity contribution in [3.63, 3.8) is 0 Å². The quantitative estimate of drug-likeness (QED) is 0.732. The number of amides is 2. The number of carboxylic acid groups (broad SMARTS) is 1. The van der Waals surface area contributed by atoms with Gasteiger partial charge in [-0.2, -0.15) is 0 Å². The molecule has 1 rings (SSSR count). The molecule has 3 N–H and O–H groups in total. The van der Waals surface area contributed by atoms with E-state index in [2.05, 4.69) is 5.32 Å². The fraction of sp³-hybridized carbons (Fsp3) is 0.467. The van der Waals surface area contributed by atoms with Gasteiger partial charge in [0.1, 0.15) is 6.04 Å². The van der Waals surface area contributed by atoms with Gasteiger partial charge in [0.2, 0.25) is 0 Å². The van der Waals surface area contributed by atoms with Crippen LogP contribution in [-0.4, -0.2) is 52.3 Å². The molecule has 0 aromatic heterocycles. The number of carboxylic acids is 1. The van der Waals surface area contributed by atoms with Crippen molar-refractivity contribution in [3.05, 3.63) is 35.9 Å². The molecule has 6 nitrogen and oxygen atoms in total. The molecule has 0 saturated carbocycles. The second-order valence-electron chi connectivity index (χ2n) is 5.56. The first-order chi connectivity index (χ1) is 9.77. The SMILES string of the molecule is CN(C(=O)N[C@H](Cc1ccccc1)C(=O)O)C(C)(C)CO. The zero-order valence-electron chi connectivity index (χ0n) is 12.5. The van der Waals surface area contributed by atoms with Crippen molar-refractivity contribution in [1.29, 1.82) is 0 Å². The zero-order chi connectivity index (χ0) is 16.0. The fourth-order valence-electron chi connectivity index (χ4n) is 1.68. The standard InChI is InChI=1S/C15H22N2O4/c1-15(2,10-18)17(3)14(21)16-12(13(19)20)9-11-7-5-4-6-8-11/h4-8,12,18H,9-10H2,1-3H3,(H,16,21)(H,19,20)/t12-/m1/s1. The van der Waals surface area contributed by atoms with Gasteiger partial charge in [0.25, 0.3) is 0 Å². The number of likely N-dealkylation sites (N-methyl/N-ethyl adjacent to an activating group) is 1. The van der Waals surface area contributed by atoms with Gasteiger partial charge in [-0.15, -0.1) is 0 Å². The number of nitrogens with one attached hydrogen (secondary N) is 1. The van der Waals surface area contributed by atoms with Gasteiger partial charge in [-0.1, -0.05) is 30.3 Å². The Morgan fingerprint density at radius 3 is 2.33 bits per heavy atom. The van der Waals surface area contributed by atoms with Gasteiger partial charge in [0.05, 0.1) is 12.1 Å². The molecule has 116 valence electrons. The maximum atomic E-state index is 12.1. The Hall–Kier alpha value is -2.08.